The van der Waals surface area contributed by atoms with Crippen molar-refractivity contribution < 1.29 is 4.79 Å². The molecule has 0 heterocycles. The summed E-state index contributed by atoms with van der Waals surface area (Å²) in [7, 11) is 1.84. The van der Waals surface area contributed by atoms with Crippen LogP contribution in [-0.4, -0.2) is 13.0 Å². The van der Waals surface area contributed by atoms with Crippen LogP contribution in [0.15, 0.2) is 18.2 Å². The van der Waals surface area contributed by atoms with Gasteiger partial charge in [-0.1, -0.05) is 26.8 Å². The predicted octanol–water partition coefficient (Wildman–Crippen LogP) is 3.31. The molecule has 0 aliphatic heterocycles. The fourth-order valence-corrected chi connectivity index (χ4v) is 1.76. The summed E-state index contributed by atoms with van der Waals surface area (Å²) in [6.45, 7) is 9.91. The van der Waals surface area contributed by atoms with Crippen LogP contribution in [0.4, 0.5) is 5.69 Å². The Hall–Kier alpha value is -1.31. The highest BCUT2D eigenvalue weighted by atomic mass is 16.2. The molecule has 0 atom stereocenters. The van der Waals surface area contributed by atoms with Gasteiger partial charge in [0, 0.05) is 18.2 Å². The third-order valence-corrected chi connectivity index (χ3v) is 2.54. The Morgan fingerprint density at radius 3 is 1.88 bits per heavy atom. The van der Waals surface area contributed by atoms with Crippen molar-refractivity contribution in [3.63, 3.8) is 0 Å². The highest BCUT2D eigenvalue weighted by molar-refractivity contribution is 5.96. The summed E-state index contributed by atoms with van der Waals surface area (Å²) in [5.41, 5.74) is 3.00. The largest absolute Gasteiger partial charge is 0.315 e. The summed E-state index contributed by atoms with van der Waals surface area (Å²) < 4.78 is 0. The first-order chi connectivity index (χ1) is 7.21. The molecule has 0 aliphatic carbocycles. The third-order valence-electron chi connectivity index (χ3n) is 2.54. The summed E-state index contributed by atoms with van der Waals surface area (Å²) in [6, 6.07) is 6.19. The molecule has 1 rings (SSSR count). The maximum Gasteiger partial charge on any atom is 0.232 e. The lowest BCUT2D eigenvalue weighted by atomic mass is 9.94. The molecule has 16 heavy (non-hydrogen) atoms. The van der Waals surface area contributed by atoms with E-state index in [-0.39, 0.29) is 11.3 Å². The van der Waals surface area contributed by atoms with Gasteiger partial charge in [0.1, 0.15) is 0 Å². The Kier molecular flexibility index (Phi) is 3.41. The molecule has 0 unspecified atom stereocenters. The molecule has 0 spiro atoms. The Morgan fingerprint density at radius 2 is 1.50 bits per heavy atom. The first-order valence-electron chi connectivity index (χ1n) is 5.58. The number of hydrogen-bond acceptors (Lipinski definition) is 1. The van der Waals surface area contributed by atoms with Crippen molar-refractivity contribution in [2.75, 3.05) is 11.9 Å². The monoisotopic (exact) mass is 219 g/mol. The van der Waals surface area contributed by atoms with E-state index in [0.717, 1.165) is 5.69 Å². The van der Waals surface area contributed by atoms with Crippen molar-refractivity contribution in [1.29, 1.82) is 0 Å². The summed E-state index contributed by atoms with van der Waals surface area (Å²) in [6.07, 6.45) is 0. The van der Waals surface area contributed by atoms with Crippen molar-refractivity contribution in [3.05, 3.63) is 29.3 Å². The lowest BCUT2D eigenvalue weighted by molar-refractivity contribution is -0.125. The van der Waals surface area contributed by atoms with Crippen molar-refractivity contribution in [2.45, 2.75) is 34.6 Å². The number of amides is 1. The first kappa shape index (κ1) is 12.8. The van der Waals surface area contributed by atoms with Crippen LogP contribution in [-0.2, 0) is 4.79 Å². The number of hydrogen-bond donors (Lipinski definition) is 0. The fraction of sp³-hybridized carbons (Fsp3) is 0.500. The van der Waals surface area contributed by atoms with Gasteiger partial charge in [0.25, 0.3) is 0 Å². The zero-order valence-electron chi connectivity index (χ0n) is 11.1. The van der Waals surface area contributed by atoms with Crippen LogP contribution in [0.5, 0.6) is 0 Å². The van der Waals surface area contributed by atoms with E-state index in [1.807, 2.05) is 53.8 Å². The first-order valence-corrected chi connectivity index (χ1v) is 5.58. The minimum absolute atomic E-state index is 0.137. The molecule has 88 valence electrons. The molecule has 0 fully saturated rings. The number of aryl methyl sites for hydroxylation is 2. The molecule has 2 nitrogen and oxygen atoms in total. The quantitative estimate of drug-likeness (QED) is 0.709. The summed E-state index contributed by atoms with van der Waals surface area (Å²) in [5, 5.41) is 0. The topological polar surface area (TPSA) is 20.3 Å². The van der Waals surface area contributed by atoms with Gasteiger partial charge < -0.3 is 4.90 Å². The second-order valence-corrected chi connectivity index (χ2v) is 5.46. The van der Waals surface area contributed by atoms with Crippen molar-refractivity contribution in [2.24, 2.45) is 5.41 Å². The average Bonchev–Trinajstić information content (AvgIpc) is 2.12. The van der Waals surface area contributed by atoms with Gasteiger partial charge in [0.2, 0.25) is 5.91 Å². The fourth-order valence-electron chi connectivity index (χ4n) is 1.76. The smallest absolute Gasteiger partial charge is 0.232 e. The van der Waals surface area contributed by atoms with Crippen LogP contribution in [0.25, 0.3) is 0 Å². The molecular formula is C14H21NO. The standard InChI is InChI=1S/C14H21NO/c1-10-7-11(2)9-12(8-10)15(6)13(16)14(3,4)5/h7-9H,1-6H3. The number of rotatable bonds is 1. The van der Waals surface area contributed by atoms with Crippen LogP contribution < -0.4 is 4.90 Å². The number of carbonyl (C=O) groups is 1. The van der Waals surface area contributed by atoms with E-state index in [2.05, 4.69) is 6.07 Å². The molecular weight excluding hydrogens is 198 g/mol. The van der Waals surface area contributed by atoms with E-state index in [4.69, 9.17) is 0 Å². The van der Waals surface area contributed by atoms with Crippen LogP contribution in [0.2, 0.25) is 0 Å². The van der Waals surface area contributed by atoms with Gasteiger partial charge in [-0.2, -0.15) is 0 Å². The number of benzene rings is 1. The van der Waals surface area contributed by atoms with E-state index < -0.39 is 0 Å². The lowest BCUT2D eigenvalue weighted by Gasteiger charge is -2.26. The van der Waals surface area contributed by atoms with E-state index in [1.54, 1.807) is 4.90 Å². The molecule has 0 N–H and O–H groups in total. The van der Waals surface area contributed by atoms with Crippen LogP contribution in [0.3, 0.4) is 0 Å². The molecule has 0 bridgehead atoms. The molecule has 1 amide bonds. The summed E-state index contributed by atoms with van der Waals surface area (Å²) >= 11 is 0. The minimum Gasteiger partial charge on any atom is -0.315 e. The normalized spacial score (nSPS) is 11.4. The predicted molar refractivity (Wildman–Crippen MR) is 68.8 cm³/mol. The van der Waals surface area contributed by atoms with Gasteiger partial charge >= 0.3 is 0 Å². The van der Waals surface area contributed by atoms with Gasteiger partial charge in [-0.05, 0) is 37.1 Å². The highest BCUT2D eigenvalue weighted by Gasteiger charge is 2.25. The molecule has 0 saturated carbocycles. The van der Waals surface area contributed by atoms with Crippen LogP contribution >= 0.6 is 0 Å². The summed E-state index contributed by atoms with van der Waals surface area (Å²) in [4.78, 5) is 13.8. The Bertz CT molecular complexity index is 381. The maximum absolute atomic E-state index is 12.1. The Labute approximate surface area is 98.3 Å². The second kappa shape index (κ2) is 4.28. The minimum atomic E-state index is -0.341. The molecule has 1 aromatic rings. The highest BCUT2D eigenvalue weighted by Crippen LogP contribution is 2.23. The molecule has 0 aliphatic rings. The molecule has 0 aromatic heterocycles. The van der Waals surface area contributed by atoms with Crippen molar-refractivity contribution in [3.8, 4) is 0 Å². The molecule has 0 saturated heterocycles. The van der Waals surface area contributed by atoms with Crippen molar-refractivity contribution in [1.82, 2.24) is 0 Å². The Morgan fingerprint density at radius 1 is 1.06 bits per heavy atom. The number of carbonyl (C=O) groups excluding carboxylic acids is 1. The van der Waals surface area contributed by atoms with Gasteiger partial charge in [-0.15, -0.1) is 0 Å². The zero-order chi connectivity index (χ0) is 12.5. The van der Waals surface area contributed by atoms with Gasteiger partial charge in [-0.25, -0.2) is 0 Å². The third kappa shape index (κ3) is 2.84. The lowest BCUT2D eigenvalue weighted by Crippen LogP contribution is -2.36. The SMILES string of the molecule is Cc1cc(C)cc(N(C)C(=O)C(C)(C)C)c1. The van der Waals surface area contributed by atoms with Gasteiger partial charge in [0.15, 0.2) is 0 Å². The van der Waals surface area contributed by atoms with Gasteiger partial charge in [-0.3, -0.25) is 4.79 Å². The molecule has 2 heteroatoms. The summed E-state index contributed by atoms with van der Waals surface area (Å²) in [5.74, 6) is 0.137. The van der Waals surface area contributed by atoms with Gasteiger partial charge in [0.05, 0.1) is 0 Å². The second-order valence-electron chi connectivity index (χ2n) is 5.46. The van der Waals surface area contributed by atoms with E-state index in [9.17, 15) is 4.79 Å². The number of anilines is 1. The van der Waals surface area contributed by atoms with E-state index in [1.165, 1.54) is 11.1 Å². The van der Waals surface area contributed by atoms with Crippen molar-refractivity contribution >= 4 is 11.6 Å². The van der Waals surface area contributed by atoms with E-state index >= 15 is 0 Å². The van der Waals surface area contributed by atoms with Crippen LogP contribution in [0, 0.1) is 19.3 Å². The molecule has 1 aromatic carbocycles. The average molecular weight is 219 g/mol. The number of nitrogens with zero attached hydrogens (tertiary/aromatic N) is 1. The van der Waals surface area contributed by atoms with Crippen LogP contribution in [0.1, 0.15) is 31.9 Å². The Balaban J connectivity index is 3.05. The zero-order valence-corrected chi connectivity index (χ0v) is 11.1. The van der Waals surface area contributed by atoms with E-state index in [0.29, 0.717) is 0 Å². The molecule has 0 radical (unpaired) electrons. The maximum atomic E-state index is 12.1.